The van der Waals surface area contributed by atoms with Gasteiger partial charge in [-0.05, 0) is 44.2 Å². The molecule has 1 heterocycles. The number of furan rings is 1. The van der Waals surface area contributed by atoms with Crippen molar-refractivity contribution in [1.29, 1.82) is 0 Å². The number of fused-ring (bicyclic) bond motifs is 1. The number of aryl methyl sites for hydroxylation is 2. The summed E-state index contributed by atoms with van der Waals surface area (Å²) < 4.78 is 6.95. The molecule has 0 saturated heterocycles. The molecule has 1 N–H and O–H groups in total. The Balaban J connectivity index is 2.70. The molecule has 0 saturated carbocycles. The van der Waals surface area contributed by atoms with E-state index >= 15 is 0 Å². The van der Waals surface area contributed by atoms with Crippen molar-refractivity contribution in [2.45, 2.75) is 20.4 Å². The second kappa shape index (κ2) is 3.99. The van der Waals surface area contributed by atoms with Crippen LogP contribution in [0.4, 0.5) is 0 Å². The Kier molecular flexibility index (Phi) is 2.85. The van der Waals surface area contributed by atoms with Crippen LogP contribution in [0.25, 0.3) is 11.0 Å². The van der Waals surface area contributed by atoms with Gasteiger partial charge in [-0.15, -0.1) is 0 Å². The van der Waals surface area contributed by atoms with Gasteiger partial charge in [0.05, 0.1) is 6.54 Å². The van der Waals surface area contributed by atoms with Crippen molar-refractivity contribution in [3.05, 3.63) is 33.5 Å². The molecule has 2 rings (SSSR count). The number of nitrogens with one attached hydrogen (secondary N) is 1. The summed E-state index contributed by atoms with van der Waals surface area (Å²) in [5.41, 5.74) is 3.40. The van der Waals surface area contributed by atoms with Crippen LogP contribution in [-0.4, -0.2) is 7.05 Å². The minimum absolute atomic E-state index is 0.775. The highest BCUT2D eigenvalue weighted by Crippen LogP contribution is 2.30. The Morgan fingerprint density at radius 3 is 2.73 bits per heavy atom. The molecule has 2 aromatic rings. The standard InChI is InChI=1S/C12H14BrNO/c1-7-4-9(13)5-10-8(2)11(6-14-3)15-12(7)10/h4-5,14H,6H2,1-3H3. The van der Waals surface area contributed by atoms with E-state index in [0.29, 0.717) is 0 Å². The first kappa shape index (κ1) is 10.7. The van der Waals surface area contributed by atoms with E-state index in [1.807, 2.05) is 7.05 Å². The van der Waals surface area contributed by atoms with E-state index in [0.717, 1.165) is 22.4 Å². The molecule has 0 unspecified atom stereocenters. The van der Waals surface area contributed by atoms with Gasteiger partial charge in [-0.3, -0.25) is 0 Å². The second-order valence-electron chi connectivity index (χ2n) is 3.78. The van der Waals surface area contributed by atoms with Gasteiger partial charge in [0.2, 0.25) is 0 Å². The summed E-state index contributed by atoms with van der Waals surface area (Å²) in [5, 5.41) is 4.32. The van der Waals surface area contributed by atoms with E-state index in [4.69, 9.17) is 4.42 Å². The average molecular weight is 268 g/mol. The summed E-state index contributed by atoms with van der Waals surface area (Å²) in [7, 11) is 1.93. The first-order chi connectivity index (χ1) is 7.13. The fourth-order valence-electron chi connectivity index (χ4n) is 1.82. The van der Waals surface area contributed by atoms with Gasteiger partial charge in [0.1, 0.15) is 11.3 Å². The normalized spacial score (nSPS) is 11.2. The van der Waals surface area contributed by atoms with Gasteiger partial charge < -0.3 is 9.73 Å². The zero-order valence-corrected chi connectivity index (χ0v) is 10.7. The number of benzene rings is 1. The number of halogens is 1. The highest BCUT2D eigenvalue weighted by molar-refractivity contribution is 9.10. The summed E-state index contributed by atoms with van der Waals surface area (Å²) in [6.45, 7) is 4.95. The predicted molar refractivity (Wildman–Crippen MR) is 66.2 cm³/mol. The lowest BCUT2D eigenvalue weighted by molar-refractivity contribution is 0.525. The third-order valence-corrected chi connectivity index (χ3v) is 3.08. The number of hydrogen-bond acceptors (Lipinski definition) is 2. The molecule has 0 aliphatic heterocycles. The highest BCUT2D eigenvalue weighted by Gasteiger charge is 2.11. The topological polar surface area (TPSA) is 25.2 Å². The van der Waals surface area contributed by atoms with E-state index in [1.54, 1.807) is 0 Å². The number of rotatable bonds is 2. The van der Waals surface area contributed by atoms with Gasteiger partial charge in [0.15, 0.2) is 0 Å². The summed E-state index contributed by atoms with van der Waals surface area (Å²) in [5.74, 6) is 1.02. The van der Waals surface area contributed by atoms with Gasteiger partial charge >= 0.3 is 0 Å². The van der Waals surface area contributed by atoms with Crippen molar-refractivity contribution in [2.24, 2.45) is 0 Å². The Morgan fingerprint density at radius 2 is 2.07 bits per heavy atom. The largest absolute Gasteiger partial charge is 0.459 e. The van der Waals surface area contributed by atoms with Gasteiger partial charge in [-0.1, -0.05) is 15.9 Å². The van der Waals surface area contributed by atoms with Crippen molar-refractivity contribution in [3.8, 4) is 0 Å². The molecule has 0 aliphatic rings. The highest BCUT2D eigenvalue weighted by atomic mass is 79.9. The molecule has 1 aromatic heterocycles. The predicted octanol–water partition coefficient (Wildman–Crippen LogP) is 3.53. The first-order valence-corrected chi connectivity index (χ1v) is 5.75. The third kappa shape index (κ3) is 1.82. The Hall–Kier alpha value is -0.800. The van der Waals surface area contributed by atoms with E-state index in [2.05, 4.69) is 47.2 Å². The van der Waals surface area contributed by atoms with Crippen LogP contribution in [0.5, 0.6) is 0 Å². The first-order valence-electron chi connectivity index (χ1n) is 4.96. The lowest BCUT2D eigenvalue weighted by Gasteiger charge is -1.96. The summed E-state index contributed by atoms with van der Waals surface area (Å²) >= 11 is 3.51. The zero-order chi connectivity index (χ0) is 11.0. The average Bonchev–Trinajstić information content (AvgIpc) is 2.47. The molecule has 0 fully saturated rings. The molecular formula is C12H14BrNO. The van der Waals surface area contributed by atoms with Crippen molar-refractivity contribution < 1.29 is 4.42 Å². The van der Waals surface area contributed by atoms with Gasteiger partial charge in [0, 0.05) is 9.86 Å². The SMILES string of the molecule is CNCc1oc2c(C)cc(Br)cc2c1C. The van der Waals surface area contributed by atoms with Crippen molar-refractivity contribution in [1.82, 2.24) is 5.32 Å². The van der Waals surface area contributed by atoms with Gasteiger partial charge in [-0.25, -0.2) is 0 Å². The molecule has 0 amide bonds. The van der Waals surface area contributed by atoms with E-state index in [1.165, 1.54) is 16.5 Å². The van der Waals surface area contributed by atoms with Crippen LogP contribution in [0.2, 0.25) is 0 Å². The zero-order valence-electron chi connectivity index (χ0n) is 9.15. The van der Waals surface area contributed by atoms with Crippen LogP contribution in [0.3, 0.4) is 0 Å². The summed E-state index contributed by atoms with van der Waals surface area (Å²) in [6.07, 6.45) is 0. The fraction of sp³-hybridized carbons (Fsp3) is 0.333. The second-order valence-corrected chi connectivity index (χ2v) is 4.70. The molecule has 0 spiro atoms. The minimum Gasteiger partial charge on any atom is -0.459 e. The molecule has 80 valence electrons. The molecule has 15 heavy (non-hydrogen) atoms. The van der Waals surface area contributed by atoms with Crippen LogP contribution in [0.1, 0.15) is 16.9 Å². The molecule has 2 nitrogen and oxygen atoms in total. The van der Waals surface area contributed by atoms with E-state index in [9.17, 15) is 0 Å². The van der Waals surface area contributed by atoms with E-state index < -0.39 is 0 Å². The van der Waals surface area contributed by atoms with Crippen molar-refractivity contribution >= 4 is 26.9 Å². The lowest BCUT2D eigenvalue weighted by atomic mass is 10.1. The van der Waals surface area contributed by atoms with Crippen LogP contribution in [0.15, 0.2) is 21.0 Å². The molecule has 0 radical (unpaired) electrons. The van der Waals surface area contributed by atoms with Crippen LogP contribution >= 0.6 is 15.9 Å². The molecular weight excluding hydrogens is 254 g/mol. The van der Waals surface area contributed by atoms with Gasteiger partial charge in [-0.2, -0.15) is 0 Å². The minimum atomic E-state index is 0.775. The monoisotopic (exact) mass is 267 g/mol. The maximum Gasteiger partial charge on any atom is 0.137 e. The van der Waals surface area contributed by atoms with Crippen LogP contribution in [-0.2, 0) is 6.54 Å². The molecule has 3 heteroatoms. The smallest absolute Gasteiger partial charge is 0.137 e. The Labute approximate surface area is 97.8 Å². The molecule has 0 atom stereocenters. The summed E-state index contributed by atoms with van der Waals surface area (Å²) in [6, 6.07) is 4.19. The van der Waals surface area contributed by atoms with Gasteiger partial charge in [0.25, 0.3) is 0 Å². The lowest BCUT2D eigenvalue weighted by Crippen LogP contribution is -2.04. The Bertz CT molecular complexity index is 502. The fourth-order valence-corrected chi connectivity index (χ4v) is 2.40. The molecule has 1 aromatic carbocycles. The van der Waals surface area contributed by atoms with Crippen molar-refractivity contribution in [2.75, 3.05) is 7.05 Å². The molecule has 0 aliphatic carbocycles. The Morgan fingerprint density at radius 1 is 1.33 bits per heavy atom. The number of hydrogen-bond donors (Lipinski definition) is 1. The molecule has 0 bridgehead atoms. The van der Waals surface area contributed by atoms with E-state index in [-0.39, 0.29) is 0 Å². The third-order valence-electron chi connectivity index (χ3n) is 2.62. The quantitative estimate of drug-likeness (QED) is 0.901. The summed E-state index contributed by atoms with van der Waals surface area (Å²) in [4.78, 5) is 0. The maximum absolute atomic E-state index is 5.84. The van der Waals surface area contributed by atoms with Crippen LogP contribution in [0, 0.1) is 13.8 Å². The maximum atomic E-state index is 5.84. The van der Waals surface area contributed by atoms with Crippen LogP contribution < -0.4 is 5.32 Å². The van der Waals surface area contributed by atoms with Crippen molar-refractivity contribution in [3.63, 3.8) is 0 Å².